The third-order valence-corrected chi connectivity index (χ3v) is 4.39. The van der Waals surface area contributed by atoms with Gasteiger partial charge in [0.15, 0.2) is 0 Å². The molecule has 1 aliphatic carbocycles. The summed E-state index contributed by atoms with van der Waals surface area (Å²) in [5, 5.41) is 5.05. The van der Waals surface area contributed by atoms with Crippen LogP contribution in [-0.2, 0) is 13.0 Å². The monoisotopic (exact) mass is 242 g/mol. The molecule has 18 heavy (non-hydrogen) atoms. The normalized spacial score (nSPS) is 21.9. The zero-order valence-electron chi connectivity index (χ0n) is 10.7. The Morgan fingerprint density at radius 2 is 2.33 bits per heavy atom. The second-order valence-corrected chi connectivity index (χ2v) is 5.27. The molecule has 0 saturated heterocycles. The number of benzene rings is 1. The van der Waals surface area contributed by atoms with Gasteiger partial charge in [-0.15, -0.1) is 0 Å². The van der Waals surface area contributed by atoms with Crippen molar-refractivity contribution < 1.29 is 4.74 Å². The number of nitrogens with zero attached hydrogens (tertiary/aromatic N) is 1. The summed E-state index contributed by atoms with van der Waals surface area (Å²) in [6, 6.07) is 7.00. The molecule has 0 spiro atoms. The van der Waals surface area contributed by atoms with Crippen molar-refractivity contribution in [3.05, 3.63) is 29.5 Å². The zero-order valence-corrected chi connectivity index (χ0v) is 10.7. The Bertz CT molecular complexity index is 612. The second kappa shape index (κ2) is 3.75. The number of para-hydroxylation sites is 1. The van der Waals surface area contributed by atoms with E-state index in [2.05, 4.69) is 28.1 Å². The van der Waals surface area contributed by atoms with E-state index in [1.54, 1.807) is 12.7 Å². The molecule has 2 heterocycles. The number of nitrogens with one attached hydrogen (secondary N) is 1. The number of aromatic nitrogens is 1. The van der Waals surface area contributed by atoms with Gasteiger partial charge in [-0.3, -0.25) is 0 Å². The van der Waals surface area contributed by atoms with Crippen molar-refractivity contribution in [2.45, 2.75) is 31.8 Å². The fraction of sp³-hybridized carbons (Fsp3) is 0.467. The third kappa shape index (κ3) is 1.23. The molecule has 0 radical (unpaired) electrons. The fourth-order valence-corrected chi connectivity index (χ4v) is 3.69. The summed E-state index contributed by atoms with van der Waals surface area (Å²) in [5.41, 5.74) is 4.37. The maximum atomic E-state index is 5.57. The number of aryl methyl sites for hydroxylation is 1. The number of ether oxygens (including phenoxy) is 1. The van der Waals surface area contributed by atoms with E-state index < -0.39 is 0 Å². The van der Waals surface area contributed by atoms with Gasteiger partial charge < -0.3 is 14.6 Å². The highest BCUT2D eigenvalue weighted by molar-refractivity contribution is 5.91. The molecule has 4 rings (SSSR count). The summed E-state index contributed by atoms with van der Waals surface area (Å²) in [7, 11) is 1.77. The van der Waals surface area contributed by atoms with Gasteiger partial charge in [0.05, 0.1) is 12.6 Å². The number of hydrogen-bond donors (Lipinski definition) is 1. The maximum Gasteiger partial charge on any atom is 0.143 e. The van der Waals surface area contributed by atoms with Crippen molar-refractivity contribution in [1.29, 1.82) is 0 Å². The fourth-order valence-electron chi connectivity index (χ4n) is 3.69. The average molecular weight is 242 g/mol. The highest BCUT2D eigenvalue weighted by Gasteiger charge is 2.30. The Morgan fingerprint density at radius 1 is 1.39 bits per heavy atom. The Labute approximate surface area is 107 Å². The predicted octanol–water partition coefficient (Wildman–Crippen LogP) is 2.63. The van der Waals surface area contributed by atoms with Crippen LogP contribution in [0.15, 0.2) is 18.2 Å². The summed E-state index contributed by atoms with van der Waals surface area (Å²) < 4.78 is 8.06. The van der Waals surface area contributed by atoms with E-state index in [-0.39, 0.29) is 0 Å². The van der Waals surface area contributed by atoms with E-state index >= 15 is 0 Å². The van der Waals surface area contributed by atoms with Crippen molar-refractivity contribution in [2.24, 2.45) is 0 Å². The molecule has 1 aliphatic heterocycles. The molecule has 2 aliphatic rings. The summed E-state index contributed by atoms with van der Waals surface area (Å²) in [6.07, 6.45) is 3.77. The molecule has 3 nitrogen and oxygen atoms in total. The van der Waals surface area contributed by atoms with Crippen LogP contribution in [0.3, 0.4) is 0 Å². The molecule has 0 saturated carbocycles. The van der Waals surface area contributed by atoms with E-state index in [0.717, 1.165) is 18.8 Å². The Hall–Kier alpha value is -1.48. The van der Waals surface area contributed by atoms with Gasteiger partial charge in [0.1, 0.15) is 5.75 Å². The summed E-state index contributed by atoms with van der Waals surface area (Å²) in [6.45, 7) is 2.13. The Balaban J connectivity index is 2.12. The lowest BCUT2D eigenvalue weighted by molar-refractivity contribution is 0.379. The van der Waals surface area contributed by atoms with Crippen LogP contribution in [0.25, 0.3) is 10.9 Å². The molecule has 1 N–H and O–H groups in total. The van der Waals surface area contributed by atoms with Crippen molar-refractivity contribution in [3.8, 4) is 5.75 Å². The lowest BCUT2D eigenvalue weighted by Gasteiger charge is -2.31. The SMILES string of the molecule is COc1cccc2c3c4n(c12)CCNC4CCC3. The van der Waals surface area contributed by atoms with Crippen molar-refractivity contribution in [3.63, 3.8) is 0 Å². The number of rotatable bonds is 1. The van der Waals surface area contributed by atoms with Crippen molar-refractivity contribution in [1.82, 2.24) is 9.88 Å². The Morgan fingerprint density at radius 3 is 3.22 bits per heavy atom. The second-order valence-electron chi connectivity index (χ2n) is 5.27. The van der Waals surface area contributed by atoms with Gasteiger partial charge in [-0.05, 0) is 30.9 Å². The van der Waals surface area contributed by atoms with Gasteiger partial charge in [-0.1, -0.05) is 12.1 Å². The van der Waals surface area contributed by atoms with E-state index in [1.165, 1.54) is 35.9 Å². The summed E-state index contributed by atoms with van der Waals surface area (Å²) >= 11 is 0. The molecule has 2 aromatic rings. The molecule has 0 amide bonds. The lowest BCUT2D eigenvalue weighted by Crippen LogP contribution is -2.35. The first kappa shape index (κ1) is 10.4. The summed E-state index contributed by atoms with van der Waals surface area (Å²) in [4.78, 5) is 0. The van der Waals surface area contributed by atoms with Crippen LogP contribution in [-0.4, -0.2) is 18.2 Å². The molecule has 1 aromatic carbocycles. The number of fused-ring (bicyclic) bond motifs is 3. The van der Waals surface area contributed by atoms with Gasteiger partial charge in [-0.25, -0.2) is 0 Å². The van der Waals surface area contributed by atoms with Gasteiger partial charge in [0.25, 0.3) is 0 Å². The average Bonchev–Trinajstić information content (AvgIpc) is 2.77. The lowest BCUT2D eigenvalue weighted by atomic mass is 9.91. The van der Waals surface area contributed by atoms with Gasteiger partial charge in [0.2, 0.25) is 0 Å². The first-order chi connectivity index (χ1) is 8.90. The van der Waals surface area contributed by atoms with E-state index in [9.17, 15) is 0 Å². The maximum absolute atomic E-state index is 5.57. The van der Waals surface area contributed by atoms with Crippen LogP contribution in [0.2, 0.25) is 0 Å². The minimum atomic E-state index is 0.555. The van der Waals surface area contributed by atoms with Crippen LogP contribution in [0.1, 0.15) is 30.1 Å². The molecule has 0 fully saturated rings. The predicted molar refractivity (Wildman–Crippen MR) is 72.2 cm³/mol. The van der Waals surface area contributed by atoms with E-state index in [1.807, 2.05) is 0 Å². The largest absolute Gasteiger partial charge is 0.495 e. The van der Waals surface area contributed by atoms with Crippen LogP contribution in [0.4, 0.5) is 0 Å². The first-order valence-corrected chi connectivity index (χ1v) is 6.81. The molecular weight excluding hydrogens is 224 g/mol. The zero-order chi connectivity index (χ0) is 12.1. The molecule has 94 valence electrons. The standard InChI is InChI=1S/C15H18N2O/c1-18-13-7-3-5-11-10-4-2-6-12-14(10)17(15(11)13)9-8-16-12/h3,5,7,12,16H,2,4,6,8-9H2,1H3. The number of methoxy groups -OCH3 is 1. The number of hydrogen-bond acceptors (Lipinski definition) is 2. The quantitative estimate of drug-likeness (QED) is 0.832. The van der Waals surface area contributed by atoms with Gasteiger partial charge in [0, 0.05) is 30.2 Å². The van der Waals surface area contributed by atoms with Crippen molar-refractivity contribution in [2.75, 3.05) is 13.7 Å². The molecular formula is C15H18N2O. The van der Waals surface area contributed by atoms with Crippen LogP contribution in [0, 0.1) is 0 Å². The van der Waals surface area contributed by atoms with E-state index in [0.29, 0.717) is 6.04 Å². The summed E-state index contributed by atoms with van der Waals surface area (Å²) in [5.74, 6) is 1.02. The topological polar surface area (TPSA) is 26.2 Å². The highest BCUT2D eigenvalue weighted by Crippen LogP contribution is 2.41. The van der Waals surface area contributed by atoms with E-state index in [4.69, 9.17) is 4.74 Å². The van der Waals surface area contributed by atoms with Crippen LogP contribution in [0.5, 0.6) is 5.75 Å². The van der Waals surface area contributed by atoms with Gasteiger partial charge >= 0.3 is 0 Å². The highest BCUT2D eigenvalue weighted by atomic mass is 16.5. The van der Waals surface area contributed by atoms with Crippen molar-refractivity contribution >= 4 is 10.9 Å². The minimum Gasteiger partial charge on any atom is -0.495 e. The smallest absolute Gasteiger partial charge is 0.143 e. The van der Waals surface area contributed by atoms with Gasteiger partial charge in [-0.2, -0.15) is 0 Å². The molecule has 1 aromatic heterocycles. The minimum absolute atomic E-state index is 0.555. The molecule has 3 heteroatoms. The molecule has 1 atom stereocenters. The first-order valence-electron chi connectivity index (χ1n) is 6.81. The molecule has 1 unspecified atom stereocenters. The Kier molecular flexibility index (Phi) is 2.18. The van der Waals surface area contributed by atoms with Crippen LogP contribution < -0.4 is 10.1 Å². The third-order valence-electron chi connectivity index (χ3n) is 4.39. The van der Waals surface area contributed by atoms with Crippen LogP contribution >= 0.6 is 0 Å². The molecule has 0 bridgehead atoms.